The van der Waals surface area contributed by atoms with Crippen LogP contribution in [0.25, 0.3) is 0 Å². The van der Waals surface area contributed by atoms with Crippen molar-refractivity contribution < 1.29 is 27.5 Å². The van der Waals surface area contributed by atoms with Crippen LogP contribution < -0.4 is 10.1 Å². The second-order valence-corrected chi connectivity index (χ2v) is 8.32. The summed E-state index contributed by atoms with van der Waals surface area (Å²) in [6, 6.07) is 10.8. The van der Waals surface area contributed by atoms with E-state index in [4.69, 9.17) is 21.1 Å². The Labute approximate surface area is 162 Å². The van der Waals surface area contributed by atoms with E-state index in [1.54, 1.807) is 24.3 Å². The van der Waals surface area contributed by atoms with Crippen LogP contribution in [0.15, 0.2) is 42.5 Å². The van der Waals surface area contributed by atoms with Crippen molar-refractivity contribution in [1.29, 1.82) is 0 Å². The summed E-state index contributed by atoms with van der Waals surface area (Å²) in [6.07, 6.45) is 1.10. The lowest BCUT2D eigenvalue weighted by atomic mass is 10.1. The topological polar surface area (TPSA) is 98.8 Å². The third-order valence-corrected chi connectivity index (χ3v) is 4.45. The standard InChI is InChI=1S/C18H18ClNO6S/c1-25-16-7-6-14(19)9-15(16)20-17(21)10-26-18(22)13-5-3-4-12(8-13)11-27(2,23)24/h3-9H,10-11H2,1-2H3,(H,20,21). The van der Waals surface area contributed by atoms with E-state index >= 15 is 0 Å². The van der Waals surface area contributed by atoms with E-state index in [-0.39, 0.29) is 11.3 Å². The number of amides is 1. The lowest BCUT2D eigenvalue weighted by molar-refractivity contribution is -0.119. The molecule has 9 heteroatoms. The number of hydrogen-bond acceptors (Lipinski definition) is 6. The highest BCUT2D eigenvalue weighted by Gasteiger charge is 2.14. The van der Waals surface area contributed by atoms with Crippen molar-refractivity contribution in [3.63, 3.8) is 0 Å². The first-order valence-corrected chi connectivity index (χ1v) is 10.2. The molecule has 0 atom stereocenters. The van der Waals surface area contributed by atoms with E-state index in [1.165, 1.54) is 25.3 Å². The first-order valence-electron chi connectivity index (χ1n) is 7.75. The minimum atomic E-state index is -3.23. The highest BCUT2D eigenvalue weighted by molar-refractivity contribution is 7.89. The molecule has 1 N–H and O–H groups in total. The summed E-state index contributed by atoms with van der Waals surface area (Å²) in [7, 11) is -1.78. The fraction of sp³-hybridized carbons (Fsp3) is 0.222. The van der Waals surface area contributed by atoms with Gasteiger partial charge in [0.1, 0.15) is 5.75 Å². The van der Waals surface area contributed by atoms with Gasteiger partial charge in [-0.05, 0) is 35.9 Å². The average molecular weight is 412 g/mol. The van der Waals surface area contributed by atoms with Crippen LogP contribution in [0.3, 0.4) is 0 Å². The number of nitrogens with one attached hydrogen (secondary N) is 1. The van der Waals surface area contributed by atoms with Crippen molar-refractivity contribution in [2.24, 2.45) is 0 Å². The van der Waals surface area contributed by atoms with Gasteiger partial charge in [0.25, 0.3) is 5.91 Å². The van der Waals surface area contributed by atoms with Gasteiger partial charge in [0.2, 0.25) is 0 Å². The van der Waals surface area contributed by atoms with Gasteiger partial charge in [0, 0.05) is 11.3 Å². The maximum atomic E-state index is 12.1. The molecule has 0 saturated carbocycles. The predicted octanol–water partition coefficient (Wildman–Crippen LogP) is 2.69. The maximum absolute atomic E-state index is 12.1. The van der Waals surface area contributed by atoms with Crippen LogP contribution in [0.1, 0.15) is 15.9 Å². The fourth-order valence-corrected chi connectivity index (χ4v) is 3.23. The molecule has 27 heavy (non-hydrogen) atoms. The van der Waals surface area contributed by atoms with Gasteiger partial charge in [0.15, 0.2) is 16.4 Å². The van der Waals surface area contributed by atoms with E-state index in [9.17, 15) is 18.0 Å². The molecular weight excluding hydrogens is 394 g/mol. The Bertz CT molecular complexity index is 958. The third kappa shape index (κ3) is 6.58. The molecule has 0 aliphatic rings. The second kappa shape index (κ2) is 8.88. The molecule has 144 valence electrons. The van der Waals surface area contributed by atoms with Gasteiger partial charge in [-0.2, -0.15) is 0 Å². The molecular formula is C18H18ClNO6S. The SMILES string of the molecule is COc1ccc(Cl)cc1NC(=O)COC(=O)c1cccc(CS(C)(=O)=O)c1. The zero-order chi connectivity index (χ0) is 20.0. The van der Waals surface area contributed by atoms with Crippen LogP contribution in [0, 0.1) is 0 Å². The molecule has 2 aromatic rings. The van der Waals surface area contributed by atoms with Crippen molar-refractivity contribution in [1.82, 2.24) is 0 Å². The molecule has 1 amide bonds. The minimum absolute atomic E-state index is 0.157. The Morgan fingerprint density at radius 3 is 2.56 bits per heavy atom. The largest absolute Gasteiger partial charge is 0.495 e. The van der Waals surface area contributed by atoms with Gasteiger partial charge in [-0.25, -0.2) is 13.2 Å². The molecule has 2 aromatic carbocycles. The van der Waals surface area contributed by atoms with E-state index in [0.717, 1.165) is 6.26 Å². The number of esters is 1. The number of ether oxygens (including phenoxy) is 2. The van der Waals surface area contributed by atoms with Gasteiger partial charge in [-0.3, -0.25) is 4.79 Å². The fourth-order valence-electron chi connectivity index (χ4n) is 2.27. The van der Waals surface area contributed by atoms with Gasteiger partial charge in [-0.1, -0.05) is 23.7 Å². The summed E-state index contributed by atoms with van der Waals surface area (Å²) < 4.78 is 32.8. The molecule has 0 fully saturated rings. The van der Waals surface area contributed by atoms with E-state index in [2.05, 4.69) is 5.32 Å². The highest BCUT2D eigenvalue weighted by Crippen LogP contribution is 2.27. The van der Waals surface area contributed by atoms with Gasteiger partial charge in [0.05, 0.1) is 24.1 Å². The van der Waals surface area contributed by atoms with Crippen molar-refractivity contribution >= 4 is 39.0 Å². The number of hydrogen-bond donors (Lipinski definition) is 1. The van der Waals surface area contributed by atoms with Crippen LogP contribution in [-0.4, -0.2) is 40.3 Å². The van der Waals surface area contributed by atoms with Gasteiger partial charge >= 0.3 is 5.97 Å². The number of carbonyl (C=O) groups is 2. The summed E-state index contributed by atoms with van der Waals surface area (Å²) in [5.41, 5.74) is 0.963. The highest BCUT2D eigenvalue weighted by atomic mass is 35.5. The Hall–Kier alpha value is -2.58. The molecule has 2 rings (SSSR count). The smallest absolute Gasteiger partial charge is 0.338 e. The first-order chi connectivity index (χ1) is 12.7. The van der Waals surface area contributed by atoms with Crippen molar-refractivity contribution in [2.75, 3.05) is 25.3 Å². The van der Waals surface area contributed by atoms with Crippen LogP contribution in [0.5, 0.6) is 5.75 Å². The summed E-state index contributed by atoms with van der Waals surface area (Å²) in [5, 5.41) is 2.95. The summed E-state index contributed by atoms with van der Waals surface area (Å²) in [4.78, 5) is 24.1. The van der Waals surface area contributed by atoms with Gasteiger partial charge < -0.3 is 14.8 Å². The number of carbonyl (C=O) groups excluding carboxylic acids is 2. The Morgan fingerprint density at radius 1 is 1.15 bits per heavy atom. The molecule has 0 aliphatic heterocycles. The monoisotopic (exact) mass is 411 g/mol. The quantitative estimate of drug-likeness (QED) is 0.703. The third-order valence-electron chi connectivity index (χ3n) is 3.36. The number of benzene rings is 2. The second-order valence-electron chi connectivity index (χ2n) is 5.74. The molecule has 0 spiro atoms. The molecule has 0 saturated heterocycles. The normalized spacial score (nSPS) is 10.9. The van der Waals surface area contributed by atoms with Gasteiger partial charge in [-0.15, -0.1) is 0 Å². The number of methoxy groups -OCH3 is 1. The zero-order valence-electron chi connectivity index (χ0n) is 14.7. The first kappa shape index (κ1) is 20.7. The minimum Gasteiger partial charge on any atom is -0.495 e. The molecule has 0 heterocycles. The van der Waals surface area contributed by atoms with Crippen LogP contribution >= 0.6 is 11.6 Å². The van der Waals surface area contributed by atoms with Crippen molar-refractivity contribution in [3.8, 4) is 5.75 Å². The summed E-state index contributed by atoms with van der Waals surface area (Å²) in [6.45, 7) is -0.523. The predicted molar refractivity (Wildman–Crippen MR) is 102 cm³/mol. The van der Waals surface area contributed by atoms with Crippen molar-refractivity contribution in [3.05, 3.63) is 58.6 Å². The Balaban J connectivity index is 1.98. The zero-order valence-corrected chi connectivity index (χ0v) is 16.3. The lowest BCUT2D eigenvalue weighted by Crippen LogP contribution is -2.21. The maximum Gasteiger partial charge on any atom is 0.338 e. The number of rotatable bonds is 7. The van der Waals surface area contributed by atoms with Crippen LogP contribution in [0.2, 0.25) is 5.02 Å². The van der Waals surface area contributed by atoms with E-state index in [0.29, 0.717) is 22.0 Å². The summed E-state index contributed by atoms with van der Waals surface area (Å²) in [5.74, 6) is -1.09. The van der Waals surface area contributed by atoms with E-state index in [1.807, 2.05) is 0 Å². The number of anilines is 1. The Kier molecular flexibility index (Phi) is 6.81. The summed E-state index contributed by atoms with van der Waals surface area (Å²) >= 11 is 5.89. The molecule has 0 aliphatic carbocycles. The van der Waals surface area contributed by atoms with Crippen molar-refractivity contribution in [2.45, 2.75) is 5.75 Å². The number of halogens is 1. The molecule has 0 unspecified atom stereocenters. The lowest BCUT2D eigenvalue weighted by Gasteiger charge is -2.11. The number of sulfone groups is 1. The van der Waals surface area contributed by atoms with Crippen LogP contribution in [0.4, 0.5) is 5.69 Å². The van der Waals surface area contributed by atoms with Crippen LogP contribution in [-0.2, 0) is 25.1 Å². The molecule has 7 nitrogen and oxygen atoms in total. The molecule has 0 bridgehead atoms. The van der Waals surface area contributed by atoms with E-state index < -0.39 is 28.3 Å². The Morgan fingerprint density at radius 2 is 1.89 bits per heavy atom. The average Bonchev–Trinajstić information content (AvgIpc) is 2.58. The molecule has 0 aromatic heterocycles. The molecule has 0 radical (unpaired) electrons.